The van der Waals surface area contributed by atoms with Crippen molar-refractivity contribution in [2.24, 2.45) is 11.1 Å². The van der Waals surface area contributed by atoms with E-state index in [1.54, 1.807) is 12.1 Å². The van der Waals surface area contributed by atoms with Gasteiger partial charge in [-0.05, 0) is 42.5 Å². The maximum Gasteiger partial charge on any atom is 0.380 e. The Hall–Kier alpha value is -1.38. The van der Waals surface area contributed by atoms with E-state index in [9.17, 15) is 16.8 Å². The highest BCUT2D eigenvalue weighted by molar-refractivity contribution is 7.95. The van der Waals surface area contributed by atoms with Gasteiger partial charge in [0.05, 0.1) is 9.80 Å². The molecule has 1 aromatic carbocycles. The van der Waals surface area contributed by atoms with Crippen LogP contribution in [0.1, 0.15) is 44.1 Å². The average molecular weight is 357 g/mol. The quantitative estimate of drug-likeness (QED) is 0.836. The number of allylic oxidation sites excluding steroid dienone is 1. The molecule has 0 saturated heterocycles. The number of rotatable bonds is 3. The molecule has 1 aromatic rings. The SMILES string of the molecule is NS(=O)(=O)Oc1ccc2c(c1)S(=O)(=O)C(C1CCCCCC1)=C2. The predicted molar refractivity (Wildman–Crippen MR) is 86.5 cm³/mol. The van der Waals surface area contributed by atoms with Crippen molar-refractivity contribution in [1.82, 2.24) is 0 Å². The molecule has 1 aliphatic carbocycles. The van der Waals surface area contributed by atoms with Gasteiger partial charge in [-0.15, -0.1) is 0 Å². The van der Waals surface area contributed by atoms with E-state index >= 15 is 0 Å². The topological polar surface area (TPSA) is 104 Å². The Morgan fingerprint density at radius 2 is 1.74 bits per heavy atom. The summed E-state index contributed by atoms with van der Waals surface area (Å²) in [6.07, 6.45) is 7.81. The summed E-state index contributed by atoms with van der Waals surface area (Å²) in [6.45, 7) is 0. The molecule has 2 N–H and O–H groups in total. The van der Waals surface area contributed by atoms with Crippen molar-refractivity contribution < 1.29 is 21.0 Å². The van der Waals surface area contributed by atoms with Crippen LogP contribution in [0, 0.1) is 5.92 Å². The zero-order chi connectivity index (χ0) is 16.7. The van der Waals surface area contributed by atoms with E-state index in [-0.39, 0.29) is 16.6 Å². The van der Waals surface area contributed by atoms with E-state index < -0.39 is 20.1 Å². The maximum absolute atomic E-state index is 12.8. The molecule has 1 aliphatic heterocycles. The summed E-state index contributed by atoms with van der Waals surface area (Å²) in [7, 11) is -7.78. The lowest BCUT2D eigenvalue weighted by Crippen LogP contribution is -2.19. The van der Waals surface area contributed by atoms with Crippen LogP contribution in [0.3, 0.4) is 0 Å². The third-order valence-electron chi connectivity index (χ3n) is 4.35. The number of fused-ring (bicyclic) bond motifs is 1. The standard InChI is InChI=1S/C15H19NO5S2/c16-23(19,20)21-13-8-7-12-9-14(22(17,18)15(12)10-13)11-5-3-1-2-4-6-11/h7-11H,1-6H2,(H2,16,19,20). The second kappa shape index (κ2) is 5.92. The molecule has 0 aromatic heterocycles. The number of hydrogen-bond acceptors (Lipinski definition) is 5. The lowest BCUT2D eigenvalue weighted by Gasteiger charge is -2.15. The molecule has 3 rings (SSSR count). The molecule has 0 amide bonds. The van der Waals surface area contributed by atoms with Crippen LogP contribution in [-0.4, -0.2) is 16.8 Å². The summed E-state index contributed by atoms with van der Waals surface area (Å²) < 4.78 is 52.2. The summed E-state index contributed by atoms with van der Waals surface area (Å²) in [6, 6.07) is 4.19. The van der Waals surface area contributed by atoms with Crippen LogP contribution in [0.25, 0.3) is 6.08 Å². The lowest BCUT2D eigenvalue weighted by molar-refractivity contribution is 0.486. The van der Waals surface area contributed by atoms with Crippen LogP contribution in [0.2, 0.25) is 0 Å². The van der Waals surface area contributed by atoms with E-state index in [2.05, 4.69) is 4.18 Å². The molecule has 2 aliphatic rings. The van der Waals surface area contributed by atoms with Crippen molar-refractivity contribution in [2.45, 2.75) is 43.4 Å². The third kappa shape index (κ3) is 3.44. The van der Waals surface area contributed by atoms with Crippen molar-refractivity contribution in [3.05, 3.63) is 28.7 Å². The van der Waals surface area contributed by atoms with Gasteiger partial charge < -0.3 is 4.18 Å². The zero-order valence-electron chi connectivity index (χ0n) is 12.6. The number of hydrogen-bond donors (Lipinski definition) is 1. The van der Waals surface area contributed by atoms with Crippen LogP contribution in [0.15, 0.2) is 28.0 Å². The maximum atomic E-state index is 12.8. The Balaban J connectivity index is 1.95. The fourth-order valence-electron chi connectivity index (χ4n) is 3.31. The van der Waals surface area contributed by atoms with E-state index in [4.69, 9.17) is 5.14 Å². The van der Waals surface area contributed by atoms with Gasteiger partial charge in [-0.2, -0.15) is 13.6 Å². The van der Waals surface area contributed by atoms with Gasteiger partial charge >= 0.3 is 10.3 Å². The van der Waals surface area contributed by atoms with E-state index in [0.29, 0.717) is 10.5 Å². The molecule has 0 bridgehead atoms. The van der Waals surface area contributed by atoms with Gasteiger partial charge in [0.25, 0.3) is 0 Å². The smallest absolute Gasteiger partial charge is 0.371 e. The Morgan fingerprint density at radius 3 is 2.35 bits per heavy atom. The van der Waals surface area contributed by atoms with Gasteiger partial charge in [-0.1, -0.05) is 25.7 Å². The summed E-state index contributed by atoms with van der Waals surface area (Å²) in [5.74, 6) is -0.0529. The highest BCUT2D eigenvalue weighted by atomic mass is 32.2. The average Bonchev–Trinajstić information content (AvgIpc) is 2.64. The van der Waals surface area contributed by atoms with Crippen LogP contribution in [0.5, 0.6) is 5.75 Å². The molecule has 23 heavy (non-hydrogen) atoms. The number of nitrogens with two attached hydrogens (primary N) is 1. The molecular formula is C15H19NO5S2. The summed E-state index contributed by atoms with van der Waals surface area (Å²) >= 11 is 0. The second-order valence-electron chi connectivity index (χ2n) is 6.01. The van der Waals surface area contributed by atoms with Crippen molar-refractivity contribution in [1.29, 1.82) is 0 Å². The Bertz CT molecular complexity index is 848. The first-order chi connectivity index (χ1) is 10.8. The molecule has 1 saturated carbocycles. The molecule has 1 heterocycles. The molecule has 0 atom stereocenters. The molecular weight excluding hydrogens is 338 g/mol. The van der Waals surface area contributed by atoms with Gasteiger partial charge in [-0.3, -0.25) is 0 Å². The summed E-state index contributed by atoms with van der Waals surface area (Å²) in [5.41, 5.74) is 0.575. The Labute approximate surface area is 136 Å². The summed E-state index contributed by atoms with van der Waals surface area (Å²) in [5, 5.41) is 4.83. The number of sulfone groups is 1. The molecule has 0 spiro atoms. The fourth-order valence-corrected chi connectivity index (χ4v) is 5.60. The minimum absolute atomic E-state index is 0.0394. The highest BCUT2D eigenvalue weighted by Crippen LogP contribution is 2.42. The molecule has 126 valence electrons. The van der Waals surface area contributed by atoms with Crippen LogP contribution >= 0.6 is 0 Å². The monoisotopic (exact) mass is 357 g/mol. The summed E-state index contributed by atoms with van der Waals surface area (Å²) in [4.78, 5) is 0.542. The van der Waals surface area contributed by atoms with Crippen LogP contribution in [0.4, 0.5) is 0 Å². The van der Waals surface area contributed by atoms with E-state index in [0.717, 1.165) is 38.5 Å². The van der Waals surface area contributed by atoms with Gasteiger partial charge in [-0.25, -0.2) is 8.42 Å². The highest BCUT2D eigenvalue weighted by Gasteiger charge is 2.35. The lowest BCUT2D eigenvalue weighted by atomic mass is 9.98. The van der Waals surface area contributed by atoms with Crippen molar-refractivity contribution in [2.75, 3.05) is 0 Å². The predicted octanol–water partition coefficient (Wildman–Crippen LogP) is 2.37. The minimum Gasteiger partial charge on any atom is -0.371 e. The molecule has 0 radical (unpaired) electrons. The second-order valence-corrected chi connectivity index (χ2v) is 9.08. The molecule has 8 heteroatoms. The normalized spacial score (nSPS) is 21.3. The zero-order valence-corrected chi connectivity index (χ0v) is 14.2. The fraction of sp³-hybridized carbons (Fsp3) is 0.467. The Morgan fingerprint density at radius 1 is 1.09 bits per heavy atom. The van der Waals surface area contributed by atoms with Crippen LogP contribution in [-0.2, 0) is 20.1 Å². The van der Waals surface area contributed by atoms with Crippen molar-refractivity contribution in [3.63, 3.8) is 0 Å². The van der Waals surface area contributed by atoms with Crippen molar-refractivity contribution in [3.8, 4) is 5.75 Å². The van der Waals surface area contributed by atoms with Gasteiger partial charge in [0.15, 0.2) is 0 Å². The molecule has 1 fully saturated rings. The van der Waals surface area contributed by atoms with E-state index in [1.165, 1.54) is 12.1 Å². The van der Waals surface area contributed by atoms with E-state index in [1.807, 2.05) is 0 Å². The third-order valence-corrected chi connectivity index (χ3v) is 6.78. The van der Waals surface area contributed by atoms with Crippen molar-refractivity contribution >= 4 is 26.2 Å². The first-order valence-electron chi connectivity index (χ1n) is 7.60. The number of benzene rings is 1. The largest absolute Gasteiger partial charge is 0.380 e. The minimum atomic E-state index is -4.18. The molecule has 6 nitrogen and oxygen atoms in total. The van der Waals surface area contributed by atoms with Gasteiger partial charge in [0.2, 0.25) is 9.84 Å². The Kier molecular flexibility index (Phi) is 4.24. The first-order valence-corrected chi connectivity index (χ1v) is 10.6. The van der Waals surface area contributed by atoms with Gasteiger partial charge in [0.1, 0.15) is 5.75 Å². The molecule has 0 unspecified atom stereocenters. The van der Waals surface area contributed by atoms with Crippen LogP contribution < -0.4 is 9.32 Å². The van der Waals surface area contributed by atoms with Gasteiger partial charge in [0, 0.05) is 6.07 Å². The first kappa shape index (κ1) is 16.5.